The summed E-state index contributed by atoms with van der Waals surface area (Å²) in [4.78, 5) is 12.8. The molecule has 3 rings (SSSR count). The van der Waals surface area contributed by atoms with Gasteiger partial charge in [0.1, 0.15) is 17.2 Å². The topological polar surface area (TPSA) is 44.8 Å². The third-order valence-corrected chi connectivity index (χ3v) is 5.29. The van der Waals surface area contributed by atoms with E-state index in [0.29, 0.717) is 16.9 Å². The summed E-state index contributed by atoms with van der Waals surface area (Å²) in [6, 6.07) is 11.1. The SMILES string of the molecule is CC1=CC(c2c(OC(=O)c3ccccc3)cc(OSC(F)(F)F)cc2OC(C)C)CCC1. The van der Waals surface area contributed by atoms with Gasteiger partial charge in [0.2, 0.25) is 0 Å². The minimum Gasteiger partial charge on any atom is -0.490 e. The van der Waals surface area contributed by atoms with Gasteiger partial charge in [-0.2, -0.15) is 13.2 Å². The van der Waals surface area contributed by atoms with Crippen LogP contribution in [0.25, 0.3) is 0 Å². The Kier molecular flexibility index (Phi) is 7.77. The fourth-order valence-corrected chi connectivity index (χ4v) is 3.88. The van der Waals surface area contributed by atoms with Crippen LogP contribution in [0.2, 0.25) is 0 Å². The molecule has 0 N–H and O–H groups in total. The molecule has 0 aliphatic heterocycles. The van der Waals surface area contributed by atoms with Crippen molar-refractivity contribution < 1.29 is 31.6 Å². The van der Waals surface area contributed by atoms with Crippen molar-refractivity contribution in [3.63, 3.8) is 0 Å². The lowest BCUT2D eigenvalue weighted by Gasteiger charge is -2.26. The van der Waals surface area contributed by atoms with Crippen molar-refractivity contribution in [3.05, 3.63) is 65.2 Å². The van der Waals surface area contributed by atoms with Crippen molar-refractivity contribution in [2.45, 2.75) is 57.6 Å². The zero-order chi connectivity index (χ0) is 23.3. The van der Waals surface area contributed by atoms with Gasteiger partial charge in [-0.3, -0.25) is 0 Å². The van der Waals surface area contributed by atoms with Crippen molar-refractivity contribution in [2.24, 2.45) is 0 Å². The van der Waals surface area contributed by atoms with Crippen molar-refractivity contribution in [1.82, 2.24) is 0 Å². The van der Waals surface area contributed by atoms with Crippen LogP contribution in [-0.4, -0.2) is 17.6 Å². The van der Waals surface area contributed by atoms with Crippen molar-refractivity contribution in [2.75, 3.05) is 0 Å². The van der Waals surface area contributed by atoms with Crippen LogP contribution in [0, 0.1) is 0 Å². The second kappa shape index (κ2) is 10.3. The summed E-state index contributed by atoms with van der Waals surface area (Å²) in [6.07, 6.45) is 4.57. The molecule has 0 bridgehead atoms. The third kappa shape index (κ3) is 6.69. The average Bonchev–Trinajstić information content (AvgIpc) is 2.72. The second-order valence-electron chi connectivity index (χ2n) is 7.88. The molecule has 4 nitrogen and oxygen atoms in total. The molecule has 1 atom stereocenters. The third-order valence-electron chi connectivity index (χ3n) is 4.83. The molecular weight excluding hydrogens is 441 g/mol. The predicted octanol–water partition coefficient (Wildman–Crippen LogP) is 7.45. The number of hydrogen-bond acceptors (Lipinski definition) is 5. The fourth-order valence-electron chi connectivity index (χ4n) is 3.59. The number of rotatable bonds is 7. The Morgan fingerprint density at radius 3 is 2.44 bits per heavy atom. The number of benzene rings is 2. The number of ether oxygens (including phenoxy) is 2. The first-order valence-corrected chi connectivity index (χ1v) is 11.1. The van der Waals surface area contributed by atoms with Crippen LogP contribution in [0.1, 0.15) is 61.9 Å². The standard InChI is InChI=1S/C24H25F3O4S/c1-15(2)29-20-13-19(31-32-24(25,26)27)14-21(22(20)18-11-7-8-16(3)12-18)30-23(28)17-9-5-4-6-10-17/h4-6,9-10,12-15,18H,7-8,11H2,1-3H3. The molecule has 1 unspecified atom stereocenters. The predicted molar refractivity (Wildman–Crippen MR) is 118 cm³/mol. The molecule has 2 aromatic carbocycles. The van der Waals surface area contributed by atoms with Gasteiger partial charge >= 0.3 is 11.5 Å². The number of halogens is 3. The molecule has 1 aliphatic rings. The van der Waals surface area contributed by atoms with Gasteiger partial charge < -0.3 is 13.7 Å². The van der Waals surface area contributed by atoms with E-state index in [1.165, 1.54) is 17.7 Å². The van der Waals surface area contributed by atoms with Crippen molar-refractivity contribution in [3.8, 4) is 17.2 Å². The van der Waals surface area contributed by atoms with Crippen LogP contribution in [0.15, 0.2) is 54.1 Å². The summed E-state index contributed by atoms with van der Waals surface area (Å²) in [6.45, 7) is 5.67. The highest BCUT2D eigenvalue weighted by molar-refractivity contribution is 7.95. The molecule has 0 amide bonds. The molecule has 172 valence electrons. The van der Waals surface area contributed by atoms with E-state index in [9.17, 15) is 18.0 Å². The molecule has 32 heavy (non-hydrogen) atoms. The Balaban J connectivity index is 2.07. The number of hydrogen-bond donors (Lipinski definition) is 0. The number of allylic oxidation sites excluding steroid dienone is 2. The summed E-state index contributed by atoms with van der Waals surface area (Å²) in [7, 11) is 0. The zero-order valence-electron chi connectivity index (χ0n) is 18.1. The van der Waals surface area contributed by atoms with Crippen LogP contribution >= 0.6 is 12.0 Å². The molecule has 1 aliphatic carbocycles. The number of carbonyl (C=O) groups is 1. The fraction of sp³-hybridized carbons (Fsp3) is 0.375. The lowest BCUT2D eigenvalue weighted by atomic mass is 9.85. The largest absolute Gasteiger partial charge is 0.490 e. The molecule has 0 spiro atoms. The van der Waals surface area contributed by atoms with Gasteiger partial charge in [0.15, 0.2) is 12.0 Å². The maximum absolute atomic E-state index is 12.8. The Morgan fingerprint density at radius 1 is 1.12 bits per heavy atom. The van der Waals surface area contributed by atoms with Crippen LogP contribution in [0.4, 0.5) is 13.2 Å². The lowest BCUT2D eigenvalue weighted by molar-refractivity contribution is -0.0370. The number of esters is 1. The Hall–Kier alpha value is -2.61. The molecule has 0 saturated carbocycles. The van der Waals surface area contributed by atoms with E-state index in [0.717, 1.165) is 19.3 Å². The molecule has 0 fully saturated rings. The van der Waals surface area contributed by atoms with Gasteiger partial charge in [-0.25, -0.2) is 4.79 Å². The molecular formula is C24H25F3O4S. The smallest absolute Gasteiger partial charge is 0.479 e. The Labute approximate surface area is 190 Å². The van der Waals surface area contributed by atoms with E-state index >= 15 is 0 Å². The monoisotopic (exact) mass is 466 g/mol. The highest BCUT2D eigenvalue weighted by Crippen LogP contribution is 2.46. The highest BCUT2D eigenvalue weighted by Gasteiger charge is 2.32. The van der Waals surface area contributed by atoms with Crippen LogP contribution in [0.5, 0.6) is 17.2 Å². The van der Waals surface area contributed by atoms with E-state index in [4.69, 9.17) is 13.7 Å². The first-order valence-electron chi connectivity index (χ1n) is 10.3. The molecule has 0 heterocycles. The van der Waals surface area contributed by atoms with Crippen LogP contribution < -0.4 is 13.7 Å². The average molecular weight is 467 g/mol. The molecule has 0 saturated heterocycles. The number of carbonyl (C=O) groups excluding carboxylic acids is 1. The van der Waals surface area contributed by atoms with E-state index in [-0.39, 0.29) is 23.5 Å². The van der Waals surface area contributed by atoms with Gasteiger partial charge in [0.25, 0.3) is 0 Å². The van der Waals surface area contributed by atoms with Crippen molar-refractivity contribution in [1.29, 1.82) is 0 Å². The van der Waals surface area contributed by atoms with Gasteiger partial charge in [0.05, 0.1) is 11.7 Å². The first-order chi connectivity index (χ1) is 15.1. The maximum Gasteiger partial charge on any atom is 0.479 e. The minimum atomic E-state index is -4.58. The Morgan fingerprint density at radius 2 is 1.81 bits per heavy atom. The van der Waals surface area contributed by atoms with Gasteiger partial charge in [-0.05, 0) is 52.2 Å². The van der Waals surface area contributed by atoms with E-state index < -0.39 is 23.5 Å². The van der Waals surface area contributed by atoms with E-state index in [1.807, 2.05) is 20.8 Å². The van der Waals surface area contributed by atoms with Crippen molar-refractivity contribution >= 4 is 18.0 Å². The van der Waals surface area contributed by atoms with Crippen LogP contribution in [0.3, 0.4) is 0 Å². The lowest BCUT2D eigenvalue weighted by Crippen LogP contribution is -2.15. The summed E-state index contributed by atoms with van der Waals surface area (Å²) in [5, 5.41) is 0. The highest BCUT2D eigenvalue weighted by atomic mass is 32.2. The summed E-state index contributed by atoms with van der Waals surface area (Å²) in [5.74, 6) is -0.350. The second-order valence-corrected chi connectivity index (χ2v) is 8.68. The van der Waals surface area contributed by atoms with Gasteiger partial charge in [-0.15, -0.1) is 0 Å². The van der Waals surface area contributed by atoms with Gasteiger partial charge in [0, 0.05) is 23.6 Å². The molecule has 2 aromatic rings. The number of alkyl halides is 3. The molecule has 0 radical (unpaired) electrons. The zero-order valence-corrected chi connectivity index (χ0v) is 18.9. The minimum absolute atomic E-state index is 0.0969. The maximum atomic E-state index is 12.8. The van der Waals surface area contributed by atoms with E-state index in [1.54, 1.807) is 30.3 Å². The van der Waals surface area contributed by atoms with E-state index in [2.05, 4.69) is 6.08 Å². The molecule has 0 aromatic heterocycles. The summed E-state index contributed by atoms with van der Waals surface area (Å²) >= 11 is -0.628. The molecule has 8 heteroatoms. The summed E-state index contributed by atoms with van der Waals surface area (Å²) < 4.78 is 54.7. The first kappa shape index (κ1) is 24.0. The van der Waals surface area contributed by atoms with Crippen LogP contribution in [-0.2, 0) is 0 Å². The normalized spacial score (nSPS) is 16.5. The summed E-state index contributed by atoms with van der Waals surface area (Å²) in [5.41, 5.74) is -2.42. The quantitative estimate of drug-likeness (QED) is 0.183. The Bertz CT molecular complexity index is 971. The van der Waals surface area contributed by atoms with Gasteiger partial charge in [-0.1, -0.05) is 29.8 Å².